The van der Waals surface area contributed by atoms with Crippen LogP contribution in [0, 0.1) is 0 Å². The molecule has 5 nitrogen and oxygen atoms in total. The fraction of sp³-hybridized carbons (Fsp3) is 0.667. The Balaban J connectivity index is 3.14. The van der Waals surface area contributed by atoms with Crippen LogP contribution in [0.4, 0.5) is 0 Å². The first kappa shape index (κ1) is 9.90. The normalized spacial score (nSPS) is 9.18. The molecule has 0 radical (unpaired) electrons. The van der Waals surface area contributed by atoms with E-state index in [0.717, 1.165) is 0 Å². The maximum absolute atomic E-state index is 10.5. The van der Waals surface area contributed by atoms with E-state index in [1.165, 1.54) is 7.05 Å². The molecule has 0 unspecified atom stereocenters. The summed E-state index contributed by atoms with van der Waals surface area (Å²) < 4.78 is 4.61. The van der Waals surface area contributed by atoms with Crippen LogP contribution in [0.25, 0.3) is 0 Å². The zero-order chi connectivity index (χ0) is 8.69. The largest absolute Gasteiger partial charge is 0.480 e. The standard InChI is InChI=1S/C6H11NO4/c1-7-5(8)2-3-11-4-6(9)10/h2-4H2,1H3,(H,7,8)(H,9,10). The maximum atomic E-state index is 10.5. The number of hydrogen-bond donors (Lipinski definition) is 2. The molecular weight excluding hydrogens is 150 g/mol. The molecule has 0 bridgehead atoms. The summed E-state index contributed by atoms with van der Waals surface area (Å²) in [4.78, 5) is 20.4. The van der Waals surface area contributed by atoms with Crippen LogP contribution in [0.5, 0.6) is 0 Å². The third-order valence-corrected chi connectivity index (χ3v) is 0.978. The highest BCUT2D eigenvalue weighted by Gasteiger charge is 1.99. The number of carbonyl (C=O) groups is 2. The van der Waals surface area contributed by atoms with Crippen LogP contribution < -0.4 is 5.32 Å². The number of carbonyl (C=O) groups excluding carboxylic acids is 1. The average molecular weight is 161 g/mol. The summed E-state index contributed by atoms with van der Waals surface area (Å²) in [7, 11) is 1.51. The minimum absolute atomic E-state index is 0.145. The van der Waals surface area contributed by atoms with Gasteiger partial charge in [0.1, 0.15) is 6.61 Å². The lowest BCUT2D eigenvalue weighted by molar-refractivity contribution is -0.142. The van der Waals surface area contributed by atoms with Gasteiger partial charge in [0.25, 0.3) is 0 Å². The molecular formula is C6H11NO4. The molecule has 0 spiro atoms. The Labute approximate surface area is 64.3 Å². The monoisotopic (exact) mass is 161 g/mol. The molecule has 11 heavy (non-hydrogen) atoms. The van der Waals surface area contributed by atoms with E-state index in [1.54, 1.807) is 0 Å². The zero-order valence-corrected chi connectivity index (χ0v) is 6.29. The number of rotatable bonds is 5. The second kappa shape index (κ2) is 5.67. The van der Waals surface area contributed by atoms with Crippen molar-refractivity contribution in [2.24, 2.45) is 0 Å². The second-order valence-electron chi connectivity index (χ2n) is 1.87. The van der Waals surface area contributed by atoms with Gasteiger partial charge in [0.15, 0.2) is 0 Å². The van der Waals surface area contributed by atoms with E-state index >= 15 is 0 Å². The second-order valence-corrected chi connectivity index (χ2v) is 1.87. The Morgan fingerprint density at radius 2 is 2.18 bits per heavy atom. The first-order valence-electron chi connectivity index (χ1n) is 3.17. The topological polar surface area (TPSA) is 75.6 Å². The lowest BCUT2D eigenvalue weighted by atomic mass is 10.4. The van der Waals surface area contributed by atoms with Crippen molar-refractivity contribution in [3.63, 3.8) is 0 Å². The molecule has 0 saturated heterocycles. The molecule has 1 amide bonds. The minimum Gasteiger partial charge on any atom is -0.480 e. The van der Waals surface area contributed by atoms with Crippen LogP contribution in [0.1, 0.15) is 6.42 Å². The van der Waals surface area contributed by atoms with Gasteiger partial charge in [-0.25, -0.2) is 4.79 Å². The number of amides is 1. The quantitative estimate of drug-likeness (QED) is 0.519. The van der Waals surface area contributed by atoms with E-state index in [2.05, 4.69) is 10.1 Å². The number of carboxylic acids is 1. The van der Waals surface area contributed by atoms with Gasteiger partial charge in [-0.3, -0.25) is 4.79 Å². The summed E-state index contributed by atoms with van der Waals surface area (Å²) in [5.41, 5.74) is 0. The Kier molecular flexibility index (Phi) is 5.10. The molecule has 64 valence electrons. The highest BCUT2D eigenvalue weighted by atomic mass is 16.5. The van der Waals surface area contributed by atoms with E-state index in [0.29, 0.717) is 0 Å². The van der Waals surface area contributed by atoms with Crippen molar-refractivity contribution in [1.82, 2.24) is 5.32 Å². The van der Waals surface area contributed by atoms with Crippen LogP contribution in [0.15, 0.2) is 0 Å². The number of carboxylic acid groups (broad SMARTS) is 1. The number of hydrogen-bond acceptors (Lipinski definition) is 3. The van der Waals surface area contributed by atoms with Crippen LogP contribution in [-0.4, -0.2) is 37.2 Å². The lowest BCUT2D eigenvalue weighted by Crippen LogP contribution is -2.20. The fourth-order valence-electron chi connectivity index (χ4n) is 0.449. The highest BCUT2D eigenvalue weighted by Crippen LogP contribution is 1.81. The van der Waals surface area contributed by atoms with E-state index in [1.807, 2.05) is 0 Å². The van der Waals surface area contributed by atoms with Crippen LogP contribution >= 0.6 is 0 Å². The van der Waals surface area contributed by atoms with E-state index in [4.69, 9.17) is 5.11 Å². The van der Waals surface area contributed by atoms with Gasteiger partial charge >= 0.3 is 5.97 Å². The molecule has 0 heterocycles. The summed E-state index contributed by atoms with van der Waals surface area (Å²) in [6, 6.07) is 0. The third kappa shape index (κ3) is 6.79. The minimum atomic E-state index is -1.03. The molecule has 0 fully saturated rings. The van der Waals surface area contributed by atoms with Crippen molar-refractivity contribution >= 4 is 11.9 Å². The number of aliphatic carboxylic acids is 1. The predicted molar refractivity (Wildman–Crippen MR) is 37.1 cm³/mol. The molecule has 0 aromatic carbocycles. The molecule has 0 aliphatic rings. The molecule has 0 aliphatic carbocycles. The zero-order valence-electron chi connectivity index (χ0n) is 6.29. The first-order valence-corrected chi connectivity index (χ1v) is 3.17. The molecule has 5 heteroatoms. The molecule has 0 aliphatic heterocycles. The van der Waals surface area contributed by atoms with Gasteiger partial charge in [0.2, 0.25) is 5.91 Å². The Morgan fingerprint density at radius 1 is 1.55 bits per heavy atom. The number of nitrogens with one attached hydrogen (secondary N) is 1. The third-order valence-electron chi connectivity index (χ3n) is 0.978. The molecule has 0 atom stereocenters. The Hall–Kier alpha value is -1.10. The fourth-order valence-corrected chi connectivity index (χ4v) is 0.449. The van der Waals surface area contributed by atoms with Crippen molar-refractivity contribution in [3.8, 4) is 0 Å². The summed E-state index contributed by atoms with van der Waals surface area (Å²) in [5.74, 6) is -1.18. The van der Waals surface area contributed by atoms with Gasteiger partial charge in [-0.15, -0.1) is 0 Å². The van der Waals surface area contributed by atoms with Gasteiger partial charge in [0.05, 0.1) is 6.61 Å². The molecule has 2 N–H and O–H groups in total. The van der Waals surface area contributed by atoms with Crippen molar-refractivity contribution in [2.75, 3.05) is 20.3 Å². The van der Waals surface area contributed by atoms with Gasteiger partial charge in [-0.1, -0.05) is 0 Å². The highest BCUT2D eigenvalue weighted by molar-refractivity contribution is 5.75. The number of ether oxygens (including phenoxy) is 1. The summed E-state index contributed by atoms with van der Waals surface area (Å²) in [6.07, 6.45) is 0.198. The Bertz CT molecular complexity index is 146. The van der Waals surface area contributed by atoms with Gasteiger partial charge in [-0.05, 0) is 0 Å². The van der Waals surface area contributed by atoms with Crippen molar-refractivity contribution in [1.29, 1.82) is 0 Å². The smallest absolute Gasteiger partial charge is 0.329 e. The van der Waals surface area contributed by atoms with Gasteiger partial charge in [-0.2, -0.15) is 0 Å². The van der Waals surface area contributed by atoms with Crippen molar-refractivity contribution in [3.05, 3.63) is 0 Å². The molecule has 0 aromatic heterocycles. The van der Waals surface area contributed by atoms with Crippen LogP contribution in [0.2, 0.25) is 0 Å². The van der Waals surface area contributed by atoms with E-state index in [-0.39, 0.29) is 25.5 Å². The average Bonchev–Trinajstić information content (AvgIpc) is 1.97. The van der Waals surface area contributed by atoms with Crippen molar-refractivity contribution in [2.45, 2.75) is 6.42 Å². The van der Waals surface area contributed by atoms with Crippen LogP contribution in [0.3, 0.4) is 0 Å². The van der Waals surface area contributed by atoms with Crippen molar-refractivity contribution < 1.29 is 19.4 Å². The molecule has 0 aromatic rings. The van der Waals surface area contributed by atoms with E-state index < -0.39 is 5.97 Å². The first-order chi connectivity index (χ1) is 5.16. The van der Waals surface area contributed by atoms with Gasteiger partial charge in [0, 0.05) is 13.5 Å². The SMILES string of the molecule is CNC(=O)CCOCC(=O)O. The van der Waals surface area contributed by atoms with Gasteiger partial charge < -0.3 is 15.2 Å². The maximum Gasteiger partial charge on any atom is 0.329 e. The summed E-state index contributed by atoms with van der Waals surface area (Å²) in [6.45, 7) is -0.205. The van der Waals surface area contributed by atoms with Crippen LogP contribution in [-0.2, 0) is 14.3 Å². The summed E-state index contributed by atoms with van der Waals surface area (Å²) in [5, 5.41) is 10.5. The lowest BCUT2D eigenvalue weighted by Gasteiger charge is -1.99. The molecule has 0 rings (SSSR count). The Morgan fingerprint density at radius 3 is 2.64 bits per heavy atom. The predicted octanol–water partition coefficient (Wildman–Crippen LogP) is -0.776. The molecule has 0 saturated carbocycles. The van der Waals surface area contributed by atoms with E-state index in [9.17, 15) is 9.59 Å². The summed E-state index contributed by atoms with van der Waals surface area (Å²) >= 11 is 0.